The highest BCUT2D eigenvalue weighted by Crippen LogP contribution is 2.28. The van der Waals surface area contributed by atoms with Crippen LogP contribution in [0.15, 0.2) is 35.1 Å². The first-order chi connectivity index (χ1) is 13.0. The van der Waals surface area contributed by atoms with Crippen molar-refractivity contribution in [1.29, 1.82) is 0 Å². The van der Waals surface area contributed by atoms with Crippen molar-refractivity contribution < 1.29 is 14.1 Å². The van der Waals surface area contributed by atoms with Crippen molar-refractivity contribution in [2.45, 2.75) is 6.04 Å². The number of hydrogen-bond donors (Lipinski definition) is 0. The highest BCUT2D eigenvalue weighted by molar-refractivity contribution is 6.35. The molecule has 1 atom stereocenters. The van der Waals surface area contributed by atoms with Gasteiger partial charge < -0.3 is 14.2 Å². The van der Waals surface area contributed by atoms with Crippen molar-refractivity contribution in [2.24, 2.45) is 7.05 Å². The molecule has 0 N–H and O–H groups in total. The van der Waals surface area contributed by atoms with Gasteiger partial charge in [0.15, 0.2) is 5.82 Å². The predicted molar refractivity (Wildman–Crippen MR) is 97.6 cm³/mol. The zero-order valence-corrected chi connectivity index (χ0v) is 15.8. The molecule has 1 fully saturated rings. The van der Waals surface area contributed by atoms with Crippen LogP contribution in [0.4, 0.5) is 0 Å². The van der Waals surface area contributed by atoms with Crippen molar-refractivity contribution in [2.75, 3.05) is 19.8 Å². The van der Waals surface area contributed by atoms with E-state index in [1.54, 1.807) is 47.2 Å². The number of halogens is 2. The molecule has 0 saturated carbocycles. The van der Waals surface area contributed by atoms with Crippen molar-refractivity contribution in [3.05, 3.63) is 52.0 Å². The van der Waals surface area contributed by atoms with E-state index in [4.69, 9.17) is 32.5 Å². The molecule has 0 radical (unpaired) electrons. The number of benzene rings is 1. The second-order valence-corrected chi connectivity index (χ2v) is 6.98. The first-order valence-corrected chi connectivity index (χ1v) is 8.94. The minimum absolute atomic E-state index is 0.222. The number of hydrogen-bond acceptors (Lipinski definition) is 6. The maximum Gasteiger partial charge on any atom is 0.261 e. The highest BCUT2D eigenvalue weighted by Gasteiger charge is 2.33. The van der Waals surface area contributed by atoms with Gasteiger partial charge in [-0.1, -0.05) is 28.4 Å². The molecule has 1 aromatic carbocycles. The molecule has 0 spiro atoms. The van der Waals surface area contributed by atoms with Gasteiger partial charge in [0.2, 0.25) is 0 Å². The second-order valence-electron chi connectivity index (χ2n) is 6.11. The Kier molecular flexibility index (Phi) is 4.86. The van der Waals surface area contributed by atoms with E-state index in [0.29, 0.717) is 46.0 Å². The topological polar surface area (TPSA) is 86.3 Å². The molecule has 4 rings (SSSR count). The average Bonchev–Trinajstić information content (AvgIpc) is 3.29. The second kappa shape index (κ2) is 7.30. The summed E-state index contributed by atoms with van der Waals surface area (Å²) in [5.41, 5.74) is 1.10. The monoisotopic (exact) mass is 407 g/mol. The van der Waals surface area contributed by atoms with E-state index >= 15 is 0 Å². The van der Waals surface area contributed by atoms with E-state index in [0.717, 1.165) is 0 Å². The standard InChI is InChI=1S/C17H15Cl2N5O3/c1-23-8-11(7-20-23)16-21-15(22-27-16)14-9-26-3-2-24(14)17(25)10-4-12(18)6-13(19)5-10/h4-8,14H,2-3,9H2,1H3/t14-/m1/s1. The summed E-state index contributed by atoms with van der Waals surface area (Å²) in [5.74, 6) is 0.484. The molecular formula is C17H15Cl2N5O3. The maximum absolute atomic E-state index is 13.0. The Bertz CT molecular complexity index is 966. The number of ether oxygens (including phenoxy) is 1. The third-order valence-corrected chi connectivity index (χ3v) is 4.63. The van der Waals surface area contributed by atoms with Gasteiger partial charge in [-0.25, -0.2) is 0 Å². The van der Waals surface area contributed by atoms with Gasteiger partial charge >= 0.3 is 0 Å². The van der Waals surface area contributed by atoms with E-state index in [1.807, 2.05) is 0 Å². The Morgan fingerprint density at radius 1 is 1.26 bits per heavy atom. The number of carbonyl (C=O) groups excluding carboxylic acids is 1. The summed E-state index contributed by atoms with van der Waals surface area (Å²) in [7, 11) is 1.80. The van der Waals surface area contributed by atoms with Crippen LogP contribution < -0.4 is 0 Å². The first-order valence-electron chi connectivity index (χ1n) is 8.18. The predicted octanol–water partition coefficient (Wildman–Crippen LogP) is 2.99. The molecule has 1 aliphatic rings. The molecule has 3 heterocycles. The summed E-state index contributed by atoms with van der Waals surface area (Å²) >= 11 is 12.1. The number of aromatic nitrogens is 4. The number of carbonyl (C=O) groups is 1. The molecule has 8 nitrogen and oxygen atoms in total. The van der Waals surface area contributed by atoms with Gasteiger partial charge in [0.1, 0.15) is 6.04 Å². The van der Waals surface area contributed by atoms with E-state index in [2.05, 4.69) is 15.2 Å². The van der Waals surface area contributed by atoms with Crippen molar-refractivity contribution >= 4 is 29.1 Å². The molecule has 10 heteroatoms. The minimum Gasteiger partial charge on any atom is -0.377 e. The zero-order chi connectivity index (χ0) is 19.0. The van der Waals surface area contributed by atoms with Crippen LogP contribution in [-0.4, -0.2) is 50.5 Å². The molecule has 0 bridgehead atoms. The summed E-state index contributed by atoms with van der Waals surface area (Å²) in [6.45, 7) is 1.08. The van der Waals surface area contributed by atoms with Crippen LogP contribution in [0, 0.1) is 0 Å². The SMILES string of the molecule is Cn1cc(-c2nc([C@H]3COCCN3C(=O)c3cc(Cl)cc(Cl)c3)no2)cn1. The van der Waals surface area contributed by atoms with E-state index in [-0.39, 0.29) is 12.5 Å². The lowest BCUT2D eigenvalue weighted by Gasteiger charge is -2.33. The Morgan fingerprint density at radius 2 is 2.04 bits per heavy atom. The fourth-order valence-corrected chi connectivity index (χ4v) is 3.45. The molecule has 0 unspecified atom stereocenters. The van der Waals surface area contributed by atoms with Crippen molar-refractivity contribution in [1.82, 2.24) is 24.8 Å². The van der Waals surface area contributed by atoms with Crippen LogP contribution in [-0.2, 0) is 11.8 Å². The summed E-state index contributed by atoms with van der Waals surface area (Å²) < 4.78 is 12.5. The highest BCUT2D eigenvalue weighted by atomic mass is 35.5. The average molecular weight is 408 g/mol. The minimum atomic E-state index is -0.474. The number of amides is 1. The maximum atomic E-state index is 13.0. The zero-order valence-electron chi connectivity index (χ0n) is 14.3. The Morgan fingerprint density at radius 3 is 2.74 bits per heavy atom. The Labute approximate surface area is 164 Å². The number of aryl methyl sites for hydroxylation is 1. The van der Waals surface area contributed by atoms with E-state index in [9.17, 15) is 4.79 Å². The smallest absolute Gasteiger partial charge is 0.261 e. The molecule has 1 aliphatic heterocycles. The van der Waals surface area contributed by atoms with Crippen LogP contribution in [0.25, 0.3) is 11.5 Å². The third kappa shape index (κ3) is 3.69. The molecular weight excluding hydrogens is 393 g/mol. The van der Waals surface area contributed by atoms with Crippen LogP contribution in [0.2, 0.25) is 10.0 Å². The summed E-state index contributed by atoms with van der Waals surface area (Å²) in [6.07, 6.45) is 3.40. The summed E-state index contributed by atoms with van der Waals surface area (Å²) in [4.78, 5) is 19.1. The quantitative estimate of drug-likeness (QED) is 0.663. The van der Waals surface area contributed by atoms with E-state index < -0.39 is 6.04 Å². The van der Waals surface area contributed by atoms with Gasteiger partial charge in [0.25, 0.3) is 11.8 Å². The summed E-state index contributed by atoms with van der Waals surface area (Å²) in [5, 5.41) is 8.92. The van der Waals surface area contributed by atoms with Gasteiger partial charge in [0, 0.05) is 35.4 Å². The van der Waals surface area contributed by atoms with Gasteiger partial charge in [-0.2, -0.15) is 10.1 Å². The normalized spacial score (nSPS) is 17.3. The fourth-order valence-electron chi connectivity index (χ4n) is 2.92. The molecule has 140 valence electrons. The first kappa shape index (κ1) is 18.0. The van der Waals surface area contributed by atoms with Crippen LogP contribution in [0.5, 0.6) is 0 Å². The van der Waals surface area contributed by atoms with Gasteiger partial charge in [-0.15, -0.1) is 0 Å². The molecule has 2 aromatic heterocycles. The molecule has 27 heavy (non-hydrogen) atoms. The Balaban J connectivity index is 1.63. The van der Waals surface area contributed by atoms with Crippen LogP contribution in [0.1, 0.15) is 22.2 Å². The van der Waals surface area contributed by atoms with Crippen LogP contribution in [0.3, 0.4) is 0 Å². The number of morpholine rings is 1. The van der Waals surface area contributed by atoms with Gasteiger partial charge in [-0.05, 0) is 18.2 Å². The molecule has 1 amide bonds. The summed E-state index contributed by atoms with van der Waals surface area (Å²) in [6, 6.07) is 4.27. The fraction of sp³-hybridized carbons (Fsp3) is 0.294. The van der Waals surface area contributed by atoms with Crippen molar-refractivity contribution in [3.63, 3.8) is 0 Å². The van der Waals surface area contributed by atoms with Crippen LogP contribution >= 0.6 is 23.2 Å². The number of rotatable bonds is 3. The molecule has 3 aromatic rings. The molecule has 0 aliphatic carbocycles. The van der Waals surface area contributed by atoms with E-state index in [1.165, 1.54) is 0 Å². The lowest BCUT2D eigenvalue weighted by atomic mass is 10.1. The van der Waals surface area contributed by atoms with Gasteiger partial charge in [0.05, 0.1) is 25.0 Å². The lowest BCUT2D eigenvalue weighted by Crippen LogP contribution is -2.43. The molecule has 1 saturated heterocycles. The lowest BCUT2D eigenvalue weighted by molar-refractivity contribution is -0.00576. The third-order valence-electron chi connectivity index (χ3n) is 4.19. The van der Waals surface area contributed by atoms with Gasteiger partial charge in [-0.3, -0.25) is 9.48 Å². The Hall–Kier alpha value is -2.42. The number of nitrogens with zero attached hydrogens (tertiary/aromatic N) is 5. The van der Waals surface area contributed by atoms with Crippen molar-refractivity contribution in [3.8, 4) is 11.5 Å². The largest absolute Gasteiger partial charge is 0.377 e.